The van der Waals surface area contributed by atoms with Gasteiger partial charge in [0, 0.05) is 11.8 Å². The molecule has 0 aliphatic rings. The van der Waals surface area contributed by atoms with Gasteiger partial charge in [-0.3, -0.25) is 0 Å². The van der Waals surface area contributed by atoms with Crippen LogP contribution in [-0.4, -0.2) is 12.1 Å². The minimum atomic E-state index is -0.248. The number of nitrogens with zero attached hydrogens (tertiary/aromatic N) is 1. The Kier molecular flexibility index (Phi) is 3.77. The van der Waals surface area contributed by atoms with Crippen molar-refractivity contribution in [1.29, 1.82) is 0 Å². The van der Waals surface area contributed by atoms with Gasteiger partial charge in [-0.25, -0.2) is 9.37 Å². The van der Waals surface area contributed by atoms with Crippen LogP contribution in [0.3, 0.4) is 0 Å². The molecule has 0 amide bonds. The Morgan fingerprint density at radius 1 is 1.28 bits per heavy atom. The first-order chi connectivity index (χ1) is 8.69. The lowest BCUT2D eigenvalue weighted by molar-refractivity contribution is 0.396. The summed E-state index contributed by atoms with van der Waals surface area (Å²) < 4.78 is 18.2. The summed E-state index contributed by atoms with van der Waals surface area (Å²) in [4.78, 5) is 4.28. The lowest BCUT2D eigenvalue weighted by Gasteiger charge is -2.09. The van der Waals surface area contributed by atoms with Crippen molar-refractivity contribution >= 4 is 5.69 Å². The lowest BCUT2D eigenvalue weighted by Crippen LogP contribution is -2.03. The first-order valence-corrected chi connectivity index (χ1v) is 5.69. The molecule has 1 heterocycles. The summed E-state index contributed by atoms with van der Waals surface area (Å²) in [6.07, 6.45) is 0. The van der Waals surface area contributed by atoms with Crippen LogP contribution in [0.2, 0.25) is 0 Å². The van der Waals surface area contributed by atoms with E-state index in [0.29, 0.717) is 12.4 Å². The molecule has 3 nitrogen and oxygen atoms in total. The third-order valence-electron chi connectivity index (χ3n) is 2.65. The Hall–Kier alpha value is -2.10. The number of hydrogen-bond acceptors (Lipinski definition) is 3. The van der Waals surface area contributed by atoms with Gasteiger partial charge < -0.3 is 10.1 Å². The van der Waals surface area contributed by atoms with Crippen molar-refractivity contribution in [2.75, 3.05) is 12.4 Å². The van der Waals surface area contributed by atoms with Crippen LogP contribution < -0.4 is 10.1 Å². The molecule has 1 aromatic carbocycles. The molecule has 2 rings (SSSR count). The molecule has 4 heteroatoms. The summed E-state index contributed by atoms with van der Waals surface area (Å²) in [6.45, 7) is 2.46. The number of nitrogens with one attached hydrogen (secondary N) is 1. The number of ether oxygens (including phenoxy) is 1. The third-order valence-corrected chi connectivity index (χ3v) is 2.65. The lowest BCUT2D eigenvalue weighted by atomic mass is 10.2. The van der Waals surface area contributed by atoms with E-state index in [2.05, 4.69) is 10.3 Å². The molecule has 0 radical (unpaired) electrons. The van der Waals surface area contributed by atoms with E-state index in [0.717, 1.165) is 16.9 Å². The van der Waals surface area contributed by atoms with Gasteiger partial charge in [0.2, 0.25) is 5.88 Å². The molecule has 0 saturated heterocycles. The summed E-state index contributed by atoms with van der Waals surface area (Å²) in [6, 6.07) is 10.2. The quantitative estimate of drug-likeness (QED) is 0.899. The Morgan fingerprint density at radius 3 is 2.89 bits per heavy atom. The number of anilines is 1. The molecule has 0 unspecified atom stereocenters. The largest absolute Gasteiger partial charge is 0.481 e. The fourth-order valence-corrected chi connectivity index (χ4v) is 1.64. The van der Waals surface area contributed by atoms with E-state index in [4.69, 9.17) is 4.74 Å². The summed E-state index contributed by atoms with van der Waals surface area (Å²) in [7, 11) is 1.58. The van der Waals surface area contributed by atoms with Gasteiger partial charge >= 0.3 is 0 Å². The Labute approximate surface area is 106 Å². The van der Waals surface area contributed by atoms with E-state index in [1.54, 1.807) is 19.2 Å². The molecular weight excluding hydrogens is 231 g/mol. The predicted molar refractivity (Wildman–Crippen MR) is 69.3 cm³/mol. The van der Waals surface area contributed by atoms with Gasteiger partial charge in [0.25, 0.3) is 0 Å². The van der Waals surface area contributed by atoms with Gasteiger partial charge in [-0.1, -0.05) is 12.1 Å². The summed E-state index contributed by atoms with van der Waals surface area (Å²) in [5.41, 5.74) is 2.62. The molecule has 0 saturated carbocycles. The molecule has 0 bridgehead atoms. The number of hydrogen-bond donors (Lipinski definition) is 1. The second kappa shape index (κ2) is 5.49. The molecule has 0 aliphatic heterocycles. The minimum absolute atomic E-state index is 0.248. The van der Waals surface area contributed by atoms with Crippen LogP contribution in [0.5, 0.6) is 5.88 Å². The van der Waals surface area contributed by atoms with E-state index in [-0.39, 0.29) is 5.82 Å². The molecule has 94 valence electrons. The summed E-state index contributed by atoms with van der Waals surface area (Å²) >= 11 is 0. The highest BCUT2D eigenvalue weighted by molar-refractivity contribution is 5.50. The standard InChI is InChI=1S/C14H15FN2O/c1-10-6-7-11(15)8-13(10)16-9-12-4-3-5-14(17-12)18-2/h3-8,16H,9H2,1-2H3. The zero-order chi connectivity index (χ0) is 13.0. The van der Waals surface area contributed by atoms with E-state index >= 15 is 0 Å². The van der Waals surface area contributed by atoms with E-state index < -0.39 is 0 Å². The van der Waals surface area contributed by atoms with Gasteiger partial charge in [-0.2, -0.15) is 0 Å². The fourth-order valence-electron chi connectivity index (χ4n) is 1.64. The average molecular weight is 246 g/mol. The van der Waals surface area contributed by atoms with Gasteiger partial charge in [0.1, 0.15) is 5.82 Å². The van der Waals surface area contributed by atoms with Crippen molar-refractivity contribution in [1.82, 2.24) is 4.98 Å². The van der Waals surface area contributed by atoms with Crippen LogP contribution in [0.4, 0.5) is 10.1 Å². The highest BCUT2D eigenvalue weighted by Crippen LogP contribution is 2.17. The molecule has 18 heavy (non-hydrogen) atoms. The SMILES string of the molecule is COc1cccc(CNc2cc(F)ccc2C)n1. The maximum absolute atomic E-state index is 13.1. The van der Waals surface area contributed by atoms with Gasteiger partial charge in [0.05, 0.1) is 19.3 Å². The van der Waals surface area contributed by atoms with Crippen molar-refractivity contribution in [3.8, 4) is 5.88 Å². The van der Waals surface area contributed by atoms with Crippen LogP contribution in [-0.2, 0) is 6.54 Å². The normalized spacial score (nSPS) is 10.2. The van der Waals surface area contributed by atoms with Crippen LogP contribution >= 0.6 is 0 Å². The van der Waals surface area contributed by atoms with E-state index in [9.17, 15) is 4.39 Å². The fraction of sp³-hybridized carbons (Fsp3) is 0.214. The van der Waals surface area contributed by atoms with Crippen LogP contribution in [0, 0.1) is 12.7 Å². The Morgan fingerprint density at radius 2 is 2.11 bits per heavy atom. The van der Waals surface area contributed by atoms with Gasteiger partial charge in [0.15, 0.2) is 0 Å². The Bertz CT molecular complexity index is 543. The number of benzene rings is 1. The number of aryl methyl sites for hydroxylation is 1. The van der Waals surface area contributed by atoms with E-state index in [1.165, 1.54) is 12.1 Å². The Balaban J connectivity index is 2.08. The van der Waals surface area contributed by atoms with Crippen molar-refractivity contribution < 1.29 is 9.13 Å². The molecule has 0 atom stereocenters. The van der Waals surface area contributed by atoms with Gasteiger partial charge in [-0.05, 0) is 30.7 Å². The third kappa shape index (κ3) is 2.97. The minimum Gasteiger partial charge on any atom is -0.481 e. The molecule has 2 aromatic rings. The van der Waals surface area contributed by atoms with Crippen molar-refractivity contribution in [2.45, 2.75) is 13.5 Å². The maximum atomic E-state index is 13.1. The first kappa shape index (κ1) is 12.4. The second-order valence-corrected chi connectivity index (χ2v) is 3.98. The highest BCUT2D eigenvalue weighted by atomic mass is 19.1. The van der Waals surface area contributed by atoms with Crippen LogP contribution in [0.25, 0.3) is 0 Å². The predicted octanol–water partition coefficient (Wildman–Crippen LogP) is 3.15. The number of aromatic nitrogens is 1. The zero-order valence-corrected chi connectivity index (χ0v) is 10.4. The summed E-state index contributed by atoms with van der Waals surface area (Å²) in [5.74, 6) is 0.326. The molecule has 0 fully saturated rings. The smallest absolute Gasteiger partial charge is 0.213 e. The number of rotatable bonds is 4. The van der Waals surface area contributed by atoms with Crippen molar-refractivity contribution in [2.24, 2.45) is 0 Å². The highest BCUT2D eigenvalue weighted by Gasteiger charge is 2.01. The topological polar surface area (TPSA) is 34.1 Å². The average Bonchev–Trinajstić information content (AvgIpc) is 2.40. The second-order valence-electron chi connectivity index (χ2n) is 3.98. The molecule has 0 aliphatic carbocycles. The van der Waals surface area contributed by atoms with E-state index in [1.807, 2.05) is 19.1 Å². The van der Waals surface area contributed by atoms with Crippen LogP contribution in [0.1, 0.15) is 11.3 Å². The molecular formula is C14H15FN2O. The zero-order valence-electron chi connectivity index (χ0n) is 10.4. The maximum Gasteiger partial charge on any atom is 0.213 e. The molecule has 1 aromatic heterocycles. The molecule has 1 N–H and O–H groups in total. The summed E-state index contributed by atoms with van der Waals surface area (Å²) in [5, 5.41) is 3.16. The monoisotopic (exact) mass is 246 g/mol. The van der Waals surface area contributed by atoms with Crippen molar-refractivity contribution in [3.63, 3.8) is 0 Å². The molecule has 0 spiro atoms. The number of methoxy groups -OCH3 is 1. The first-order valence-electron chi connectivity index (χ1n) is 5.69. The number of halogens is 1. The number of pyridine rings is 1. The van der Waals surface area contributed by atoms with Crippen molar-refractivity contribution in [3.05, 3.63) is 53.5 Å². The van der Waals surface area contributed by atoms with Crippen LogP contribution in [0.15, 0.2) is 36.4 Å². The van der Waals surface area contributed by atoms with Gasteiger partial charge in [-0.15, -0.1) is 0 Å².